The number of ether oxygens (including phenoxy) is 1. The second kappa shape index (κ2) is 11.5. The van der Waals surface area contributed by atoms with Crippen LogP contribution in [-0.4, -0.2) is 35.4 Å². The maximum absolute atomic E-state index is 12.4. The third kappa shape index (κ3) is 7.43. The smallest absolute Gasteiger partial charge is 0.153 e. The quantitative estimate of drug-likeness (QED) is 0.417. The van der Waals surface area contributed by atoms with Crippen LogP contribution in [0.5, 0.6) is 0 Å². The number of carbonyl (C=O) groups excluding carboxylic acids is 1. The number of hydrogen-bond acceptors (Lipinski definition) is 5. The molecule has 4 atom stereocenters. The summed E-state index contributed by atoms with van der Waals surface area (Å²) in [5.74, 6) is 4.65. The van der Waals surface area contributed by atoms with Crippen molar-refractivity contribution < 1.29 is 14.6 Å². The van der Waals surface area contributed by atoms with Crippen molar-refractivity contribution in [3.05, 3.63) is 11.8 Å². The number of aliphatic hydroxyl groups excluding tert-OH is 1. The molecule has 0 amide bonds. The second-order valence-corrected chi connectivity index (χ2v) is 9.78. The molecule has 3 aliphatic rings. The lowest BCUT2D eigenvalue weighted by Gasteiger charge is -2.31. The van der Waals surface area contributed by atoms with Crippen molar-refractivity contribution in [3.8, 4) is 0 Å². The van der Waals surface area contributed by atoms with E-state index in [-0.39, 0.29) is 0 Å². The van der Waals surface area contributed by atoms with E-state index in [1.807, 2.05) is 0 Å². The maximum Gasteiger partial charge on any atom is 0.153 e. The summed E-state index contributed by atoms with van der Waals surface area (Å²) < 4.78 is 5.41. The van der Waals surface area contributed by atoms with Gasteiger partial charge in [0.1, 0.15) is 11.5 Å². The van der Waals surface area contributed by atoms with Crippen molar-refractivity contribution in [2.75, 3.05) is 18.9 Å². The average molecular weight is 396 g/mol. The van der Waals surface area contributed by atoms with E-state index in [1.54, 1.807) is 0 Å². The molecule has 0 radical (unpaired) electrons. The van der Waals surface area contributed by atoms with Crippen molar-refractivity contribution in [1.29, 1.82) is 0 Å². The fraction of sp³-hybridized carbons (Fsp3) is 0.864. The Bertz CT molecular complexity index is 496. The highest BCUT2D eigenvalue weighted by Gasteiger charge is 2.30. The SMILES string of the molecule is O=C(CCCSC(O)NCC1=CCCO1)CC1CCCC2CCCCC2C1. The Hall–Kier alpha value is -0.520. The minimum atomic E-state index is -0.588. The van der Waals surface area contributed by atoms with E-state index in [0.717, 1.165) is 49.2 Å². The summed E-state index contributed by atoms with van der Waals surface area (Å²) in [6, 6.07) is 0. The third-order valence-corrected chi connectivity index (χ3v) is 7.52. The first kappa shape index (κ1) is 21.2. The van der Waals surface area contributed by atoms with E-state index < -0.39 is 5.56 Å². The molecule has 2 N–H and O–H groups in total. The maximum atomic E-state index is 12.4. The number of carbonyl (C=O) groups is 1. The van der Waals surface area contributed by atoms with Gasteiger partial charge in [0.25, 0.3) is 0 Å². The number of fused-ring (bicyclic) bond motifs is 1. The number of Topliss-reactive ketones (excluding diaryl/α,β-unsaturated/α-hetero) is 1. The number of thioether (sulfide) groups is 1. The van der Waals surface area contributed by atoms with Gasteiger partial charge in [-0.2, -0.15) is 0 Å². The van der Waals surface area contributed by atoms with E-state index in [4.69, 9.17) is 4.74 Å². The molecule has 154 valence electrons. The molecule has 0 aromatic rings. The van der Waals surface area contributed by atoms with E-state index >= 15 is 0 Å². The van der Waals surface area contributed by atoms with E-state index in [9.17, 15) is 9.90 Å². The molecule has 0 aromatic carbocycles. The molecule has 2 fully saturated rings. The van der Waals surface area contributed by atoms with Crippen molar-refractivity contribution in [2.45, 2.75) is 82.6 Å². The summed E-state index contributed by atoms with van der Waals surface area (Å²) in [4.78, 5) is 12.4. The van der Waals surface area contributed by atoms with Crippen LogP contribution in [0.4, 0.5) is 0 Å². The Balaban J connectivity index is 1.25. The minimum absolute atomic E-state index is 0.432. The van der Waals surface area contributed by atoms with Crippen LogP contribution in [-0.2, 0) is 9.53 Å². The highest BCUT2D eigenvalue weighted by atomic mass is 32.2. The van der Waals surface area contributed by atoms with Gasteiger partial charge in [-0.05, 0) is 42.4 Å². The predicted molar refractivity (Wildman–Crippen MR) is 111 cm³/mol. The summed E-state index contributed by atoms with van der Waals surface area (Å²) in [6.45, 7) is 1.34. The molecule has 1 heterocycles. The lowest BCUT2D eigenvalue weighted by atomic mass is 9.75. The lowest BCUT2D eigenvalue weighted by Crippen LogP contribution is -2.28. The van der Waals surface area contributed by atoms with Crippen molar-refractivity contribution in [2.24, 2.45) is 17.8 Å². The first-order chi connectivity index (χ1) is 13.2. The van der Waals surface area contributed by atoms with Crippen molar-refractivity contribution >= 4 is 17.5 Å². The summed E-state index contributed by atoms with van der Waals surface area (Å²) in [5.41, 5.74) is -0.588. The molecule has 4 nitrogen and oxygen atoms in total. The van der Waals surface area contributed by atoms with Gasteiger partial charge in [0.05, 0.1) is 13.2 Å². The number of nitrogens with one attached hydrogen (secondary N) is 1. The zero-order valence-corrected chi connectivity index (χ0v) is 17.5. The molecule has 1 aliphatic heterocycles. The molecule has 27 heavy (non-hydrogen) atoms. The second-order valence-electron chi connectivity index (χ2n) is 8.60. The van der Waals surface area contributed by atoms with Crippen molar-refractivity contribution in [1.82, 2.24) is 5.32 Å². The average Bonchev–Trinajstić information content (AvgIpc) is 3.10. The van der Waals surface area contributed by atoms with Crippen LogP contribution in [0.2, 0.25) is 0 Å². The minimum Gasteiger partial charge on any atom is -0.497 e. The molecule has 0 aromatic heterocycles. The largest absolute Gasteiger partial charge is 0.497 e. The Labute approximate surface area is 168 Å². The fourth-order valence-electron chi connectivity index (χ4n) is 5.10. The standard InChI is InChI=1S/C22H37NO3S/c24-20(10-5-13-27-22(25)23-16-21-11-4-12-26-21)15-17-6-3-9-18-7-1-2-8-19(18)14-17/h11,17-19,22-23,25H,1-10,12-16H2. The van der Waals surface area contributed by atoms with E-state index in [2.05, 4.69) is 11.4 Å². The molecule has 0 saturated heterocycles. The van der Waals surface area contributed by atoms with Gasteiger partial charge in [0, 0.05) is 19.3 Å². The number of hydrogen-bond donors (Lipinski definition) is 2. The Morgan fingerprint density at radius 2 is 2.04 bits per heavy atom. The summed E-state index contributed by atoms with van der Waals surface area (Å²) in [7, 11) is 0. The van der Waals surface area contributed by atoms with Crippen LogP contribution in [0.15, 0.2) is 11.8 Å². The molecular formula is C22H37NO3S. The van der Waals surface area contributed by atoms with Gasteiger partial charge in [0.15, 0.2) is 5.56 Å². The Kier molecular flexibility index (Phi) is 9.01. The van der Waals surface area contributed by atoms with Crippen LogP contribution in [0.25, 0.3) is 0 Å². The normalized spacial score (nSPS) is 29.4. The van der Waals surface area contributed by atoms with Gasteiger partial charge in [-0.25, -0.2) is 0 Å². The van der Waals surface area contributed by atoms with Gasteiger partial charge in [-0.15, -0.1) is 11.8 Å². The first-order valence-corrected chi connectivity index (χ1v) is 12.1. The number of rotatable bonds is 10. The zero-order chi connectivity index (χ0) is 18.9. The Morgan fingerprint density at radius 1 is 1.22 bits per heavy atom. The Morgan fingerprint density at radius 3 is 2.85 bits per heavy atom. The molecule has 2 aliphatic carbocycles. The van der Waals surface area contributed by atoms with Gasteiger partial charge in [-0.3, -0.25) is 10.1 Å². The topological polar surface area (TPSA) is 58.6 Å². The van der Waals surface area contributed by atoms with E-state index in [1.165, 1.54) is 63.1 Å². The van der Waals surface area contributed by atoms with Gasteiger partial charge in [-0.1, -0.05) is 44.9 Å². The van der Waals surface area contributed by atoms with Gasteiger partial charge in [0.2, 0.25) is 0 Å². The number of aliphatic hydroxyl groups is 1. The molecular weight excluding hydrogens is 358 g/mol. The molecule has 5 heteroatoms. The molecule has 3 rings (SSSR count). The molecule has 0 bridgehead atoms. The molecule has 2 saturated carbocycles. The predicted octanol–water partition coefficient (Wildman–Crippen LogP) is 4.63. The van der Waals surface area contributed by atoms with Crippen LogP contribution in [0, 0.1) is 17.8 Å². The monoisotopic (exact) mass is 395 g/mol. The zero-order valence-electron chi connectivity index (χ0n) is 16.7. The van der Waals surface area contributed by atoms with Crippen LogP contribution in [0.3, 0.4) is 0 Å². The highest BCUT2D eigenvalue weighted by Crippen LogP contribution is 2.42. The summed E-state index contributed by atoms with van der Waals surface area (Å²) in [6.07, 6.45) is 16.3. The van der Waals surface area contributed by atoms with Crippen LogP contribution in [0.1, 0.15) is 77.0 Å². The summed E-state index contributed by atoms with van der Waals surface area (Å²) in [5, 5.41) is 13.0. The van der Waals surface area contributed by atoms with E-state index in [0.29, 0.717) is 24.7 Å². The molecule has 4 unspecified atom stereocenters. The van der Waals surface area contributed by atoms with Crippen molar-refractivity contribution in [3.63, 3.8) is 0 Å². The van der Waals surface area contributed by atoms with Crippen LogP contribution >= 0.6 is 11.8 Å². The highest BCUT2D eigenvalue weighted by molar-refractivity contribution is 7.99. The lowest BCUT2D eigenvalue weighted by molar-refractivity contribution is -0.120. The first-order valence-electron chi connectivity index (χ1n) is 11.1. The van der Waals surface area contributed by atoms with Gasteiger partial charge >= 0.3 is 0 Å². The molecule has 0 spiro atoms. The van der Waals surface area contributed by atoms with Gasteiger partial charge < -0.3 is 9.84 Å². The summed E-state index contributed by atoms with van der Waals surface area (Å²) >= 11 is 1.48. The number of ketones is 1. The third-order valence-electron chi connectivity index (χ3n) is 6.51. The fourth-order valence-corrected chi connectivity index (χ4v) is 5.84. The van der Waals surface area contributed by atoms with Crippen LogP contribution < -0.4 is 5.32 Å².